The van der Waals surface area contributed by atoms with Gasteiger partial charge in [-0.3, -0.25) is 9.59 Å². The third kappa shape index (κ3) is 9.16. The molecule has 0 aliphatic carbocycles. The molecule has 0 aromatic heterocycles. The zero-order valence-electron chi connectivity index (χ0n) is 16.4. The van der Waals surface area contributed by atoms with Crippen molar-refractivity contribution in [3.8, 4) is 0 Å². The van der Waals surface area contributed by atoms with Crippen LogP contribution in [-0.2, 0) is 25.5 Å². The minimum Gasteiger partial charge on any atom is -0.481 e. The van der Waals surface area contributed by atoms with Gasteiger partial charge in [-0.05, 0) is 38.8 Å². The van der Waals surface area contributed by atoms with Crippen molar-refractivity contribution in [1.29, 1.82) is 0 Å². The van der Waals surface area contributed by atoms with Crippen molar-refractivity contribution in [3.05, 3.63) is 47.8 Å². The first-order valence-corrected chi connectivity index (χ1v) is 8.76. The van der Waals surface area contributed by atoms with E-state index in [0.717, 1.165) is 18.6 Å². The Hall–Kier alpha value is -2.90. The summed E-state index contributed by atoms with van der Waals surface area (Å²) in [7, 11) is 0. The van der Waals surface area contributed by atoms with Gasteiger partial charge in [-0.15, -0.1) is 0 Å². The van der Waals surface area contributed by atoms with E-state index in [1.165, 1.54) is 0 Å². The molecule has 0 radical (unpaired) electrons. The molecule has 1 aromatic carbocycles. The minimum atomic E-state index is -1.50. The lowest BCUT2D eigenvalue weighted by molar-refractivity contribution is -0.146. The lowest BCUT2D eigenvalue weighted by atomic mass is 9.99. The highest BCUT2D eigenvalue weighted by Gasteiger charge is 2.32. The van der Waals surface area contributed by atoms with Crippen molar-refractivity contribution in [2.45, 2.75) is 58.3 Å². The number of benzene rings is 1. The number of aliphatic carboxylic acids is 1. The van der Waals surface area contributed by atoms with Gasteiger partial charge in [0, 0.05) is 6.92 Å². The molecule has 0 saturated heterocycles. The van der Waals surface area contributed by atoms with E-state index in [1.807, 2.05) is 0 Å². The Labute approximate surface area is 163 Å². The van der Waals surface area contributed by atoms with Gasteiger partial charge in [0.05, 0.1) is 12.5 Å². The maximum Gasteiger partial charge on any atom is 0.408 e. The van der Waals surface area contributed by atoms with Gasteiger partial charge < -0.3 is 19.9 Å². The first-order valence-electron chi connectivity index (χ1n) is 8.76. The standard InChI is InChI=1S/C20H26FNO6/c1-13(23)27-18(15(21)10-11-17(24)25)16(12-14-8-6-5-7-9-14)22-19(26)28-20(2,3)4/h5-10,16,18H,11-12H2,1-4H3,(H,22,26)(H,24,25)/b15-10+/t16-,18-/m1/s1. The molecule has 1 aromatic rings. The van der Waals surface area contributed by atoms with Crippen LogP contribution < -0.4 is 5.32 Å². The number of carboxylic acids is 1. The molecule has 1 rings (SSSR count). The number of hydrogen-bond acceptors (Lipinski definition) is 5. The predicted molar refractivity (Wildman–Crippen MR) is 100 cm³/mol. The number of amides is 1. The summed E-state index contributed by atoms with van der Waals surface area (Å²) >= 11 is 0. The summed E-state index contributed by atoms with van der Waals surface area (Å²) in [5, 5.41) is 11.3. The zero-order valence-corrected chi connectivity index (χ0v) is 16.4. The van der Waals surface area contributed by atoms with Crippen LogP contribution in [0.25, 0.3) is 0 Å². The maximum atomic E-state index is 14.7. The van der Waals surface area contributed by atoms with Gasteiger partial charge in [0.15, 0.2) is 6.10 Å². The van der Waals surface area contributed by atoms with Crippen LogP contribution in [0.2, 0.25) is 0 Å². The number of halogens is 1. The summed E-state index contributed by atoms with van der Waals surface area (Å²) in [6.45, 7) is 6.13. The number of alkyl carbamates (subject to hydrolysis) is 1. The van der Waals surface area contributed by atoms with Crippen LogP contribution in [-0.4, -0.2) is 40.9 Å². The van der Waals surface area contributed by atoms with Crippen molar-refractivity contribution in [2.75, 3.05) is 0 Å². The quantitative estimate of drug-likeness (QED) is 0.654. The van der Waals surface area contributed by atoms with Gasteiger partial charge in [-0.25, -0.2) is 9.18 Å². The number of esters is 1. The monoisotopic (exact) mass is 395 g/mol. The number of ether oxygens (including phenoxy) is 2. The molecular formula is C20H26FNO6. The Morgan fingerprint density at radius 1 is 1.21 bits per heavy atom. The molecule has 7 nitrogen and oxygen atoms in total. The number of rotatable bonds is 8. The van der Waals surface area contributed by atoms with Crippen molar-refractivity contribution in [1.82, 2.24) is 5.32 Å². The predicted octanol–water partition coefficient (Wildman–Crippen LogP) is 3.38. The molecule has 0 heterocycles. The average molecular weight is 395 g/mol. The Morgan fingerprint density at radius 2 is 1.82 bits per heavy atom. The van der Waals surface area contributed by atoms with E-state index in [1.54, 1.807) is 51.1 Å². The van der Waals surface area contributed by atoms with Crippen LogP contribution in [0.1, 0.15) is 39.7 Å². The van der Waals surface area contributed by atoms with E-state index >= 15 is 0 Å². The van der Waals surface area contributed by atoms with E-state index in [2.05, 4.69) is 5.32 Å². The first-order chi connectivity index (χ1) is 13.0. The van der Waals surface area contributed by atoms with E-state index in [4.69, 9.17) is 14.6 Å². The molecule has 0 aliphatic heterocycles. The van der Waals surface area contributed by atoms with Gasteiger partial charge in [-0.2, -0.15) is 0 Å². The number of carbonyl (C=O) groups excluding carboxylic acids is 2. The Bertz CT molecular complexity index is 711. The van der Waals surface area contributed by atoms with Crippen LogP contribution in [0.4, 0.5) is 9.18 Å². The molecule has 0 aliphatic rings. The van der Waals surface area contributed by atoms with Crippen LogP contribution in [0.15, 0.2) is 42.2 Å². The second-order valence-corrected chi connectivity index (χ2v) is 7.16. The van der Waals surface area contributed by atoms with Crippen molar-refractivity contribution in [3.63, 3.8) is 0 Å². The van der Waals surface area contributed by atoms with E-state index in [9.17, 15) is 18.8 Å². The molecule has 0 saturated carbocycles. The summed E-state index contributed by atoms with van der Waals surface area (Å²) in [5.74, 6) is -2.97. The Kier molecular flexibility index (Phi) is 8.63. The van der Waals surface area contributed by atoms with E-state index in [0.29, 0.717) is 0 Å². The molecule has 0 fully saturated rings. The van der Waals surface area contributed by atoms with Crippen LogP contribution in [0, 0.1) is 0 Å². The molecule has 2 N–H and O–H groups in total. The fourth-order valence-corrected chi connectivity index (χ4v) is 2.37. The van der Waals surface area contributed by atoms with Gasteiger partial charge in [0.25, 0.3) is 0 Å². The fourth-order valence-electron chi connectivity index (χ4n) is 2.37. The summed E-state index contributed by atoms with van der Waals surface area (Å²) in [4.78, 5) is 34.5. The molecule has 0 spiro atoms. The van der Waals surface area contributed by atoms with Crippen LogP contribution >= 0.6 is 0 Å². The zero-order chi connectivity index (χ0) is 21.3. The molecule has 154 valence electrons. The van der Waals surface area contributed by atoms with Crippen LogP contribution in [0.3, 0.4) is 0 Å². The second-order valence-electron chi connectivity index (χ2n) is 7.16. The largest absolute Gasteiger partial charge is 0.481 e. The highest BCUT2D eigenvalue weighted by atomic mass is 19.1. The Morgan fingerprint density at radius 3 is 2.32 bits per heavy atom. The van der Waals surface area contributed by atoms with Gasteiger partial charge in [0.2, 0.25) is 0 Å². The van der Waals surface area contributed by atoms with E-state index < -0.39 is 48.0 Å². The summed E-state index contributed by atoms with van der Waals surface area (Å²) in [5.41, 5.74) is -0.0255. The summed E-state index contributed by atoms with van der Waals surface area (Å²) in [6, 6.07) is 7.89. The third-order valence-corrected chi connectivity index (χ3v) is 3.40. The number of carboxylic acid groups (broad SMARTS) is 1. The summed E-state index contributed by atoms with van der Waals surface area (Å²) in [6.07, 6.45) is -1.95. The molecule has 1 amide bonds. The fraction of sp³-hybridized carbons (Fsp3) is 0.450. The van der Waals surface area contributed by atoms with Gasteiger partial charge in [-0.1, -0.05) is 30.3 Å². The SMILES string of the molecule is CC(=O)O[C@H](/C(F)=C\CC(=O)O)[C@@H](Cc1ccccc1)NC(=O)OC(C)(C)C. The molecule has 0 unspecified atom stereocenters. The van der Waals surface area contributed by atoms with Crippen molar-refractivity contribution < 1.29 is 33.4 Å². The molecule has 28 heavy (non-hydrogen) atoms. The lowest BCUT2D eigenvalue weighted by Gasteiger charge is -2.28. The molecule has 8 heteroatoms. The molecule has 0 bridgehead atoms. The second kappa shape index (κ2) is 10.4. The highest BCUT2D eigenvalue weighted by Crippen LogP contribution is 2.19. The third-order valence-electron chi connectivity index (χ3n) is 3.40. The first kappa shape index (κ1) is 23.1. The minimum absolute atomic E-state index is 0.131. The highest BCUT2D eigenvalue weighted by molar-refractivity contribution is 5.70. The maximum absolute atomic E-state index is 14.7. The van der Waals surface area contributed by atoms with Crippen molar-refractivity contribution >= 4 is 18.0 Å². The Balaban J connectivity index is 3.16. The van der Waals surface area contributed by atoms with Crippen LogP contribution in [0.5, 0.6) is 0 Å². The normalized spacial score (nSPS) is 14.0. The smallest absolute Gasteiger partial charge is 0.408 e. The summed E-state index contributed by atoms with van der Waals surface area (Å²) < 4.78 is 24.9. The number of carbonyl (C=O) groups is 3. The van der Waals surface area contributed by atoms with Crippen molar-refractivity contribution in [2.24, 2.45) is 0 Å². The van der Waals surface area contributed by atoms with E-state index in [-0.39, 0.29) is 6.42 Å². The average Bonchev–Trinajstić information content (AvgIpc) is 2.56. The molecule has 2 atom stereocenters. The topological polar surface area (TPSA) is 102 Å². The number of hydrogen-bond donors (Lipinski definition) is 2. The lowest BCUT2D eigenvalue weighted by Crippen LogP contribution is -2.48. The van der Waals surface area contributed by atoms with Gasteiger partial charge >= 0.3 is 18.0 Å². The number of nitrogens with one attached hydrogen (secondary N) is 1. The molecular weight excluding hydrogens is 369 g/mol. The van der Waals surface area contributed by atoms with Gasteiger partial charge in [0.1, 0.15) is 11.4 Å².